The molecule has 0 atom stereocenters. The number of carbonyl (C=O) groups is 1. The zero-order chi connectivity index (χ0) is 12.3. The summed E-state index contributed by atoms with van der Waals surface area (Å²) in [6.07, 6.45) is 0. The third-order valence-corrected chi connectivity index (χ3v) is 2.92. The van der Waals surface area contributed by atoms with Crippen LogP contribution in [0.5, 0.6) is 5.75 Å². The molecule has 0 unspecified atom stereocenters. The Labute approximate surface area is 108 Å². The number of likely N-dealkylation sites (N-methyl/N-ethyl adjacent to an activating group) is 1. The molecule has 1 N–H and O–H groups in total. The first-order valence-corrected chi connectivity index (χ1v) is 6.01. The van der Waals surface area contributed by atoms with E-state index >= 15 is 0 Å². The van der Waals surface area contributed by atoms with E-state index in [-0.39, 0.29) is 12.5 Å². The lowest BCUT2D eigenvalue weighted by Crippen LogP contribution is -2.24. The van der Waals surface area contributed by atoms with Gasteiger partial charge >= 0.3 is 0 Å². The van der Waals surface area contributed by atoms with Gasteiger partial charge in [0.05, 0.1) is 0 Å². The molecule has 0 spiro atoms. The summed E-state index contributed by atoms with van der Waals surface area (Å²) in [7, 11) is 1.59. The van der Waals surface area contributed by atoms with Gasteiger partial charge < -0.3 is 10.1 Å². The van der Waals surface area contributed by atoms with Crippen molar-refractivity contribution < 1.29 is 9.53 Å². The molecule has 0 aliphatic rings. The first-order chi connectivity index (χ1) is 8.19. The molecule has 0 bridgehead atoms. The van der Waals surface area contributed by atoms with Crippen molar-refractivity contribution in [1.29, 1.82) is 0 Å². The summed E-state index contributed by atoms with van der Waals surface area (Å²) >= 11 is 3.43. The van der Waals surface area contributed by atoms with Gasteiger partial charge in [-0.3, -0.25) is 4.79 Å². The number of ether oxygens (including phenoxy) is 1. The monoisotopic (exact) mass is 293 g/mol. The number of benzene rings is 2. The molecule has 0 aliphatic heterocycles. The first kappa shape index (κ1) is 11.9. The number of carbonyl (C=O) groups excluding carboxylic acids is 1. The van der Waals surface area contributed by atoms with Gasteiger partial charge in [-0.25, -0.2) is 0 Å². The van der Waals surface area contributed by atoms with Gasteiger partial charge in [0.1, 0.15) is 5.75 Å². The van der Waals surface area contributed by atoms with Crippen molar-refractivity contribution in [3.63, 3.8) is 0 Å². The van der Waals surface area contributed by atoms with E-state index in [9.17, 15) is 4.79 Å². The molecule has 2 rings (SSSR count). The second-order valence-electron chi connectivity index (χ2n) is 3.62. The van der Waals surface area contributed by atoms with Crippen molar-refractivity contribution in [2.75, 3.05) is 13.7 Å². The topological polar surface area (TPSA) is 38.3 Å². The Kier molecular flexibility index (Phi) is 3.64. The molecule has 0 radical (unpaired) electrons. The minimum atomic E-state index is -0.138. The van der Waals surface area contributed by atoms with Gasteiger partial charge in [-0.15, -0.1) is 0 Å². The molecule has 0 aromatic heterocycles. The third kappa shape index (κ3) is 2.97. The number of halogens is 1. The molecule has 0 saturated carbocycles. The molecular formula is C13H12BrNO2. The Hall–Kier alpha value is -1.55. The third-order valence-electron chi connectivity index (χ3n) is 2.42. The van der Waals surface area contributed by atoms with E-state index < -0.39 is 0 Å². The lowest BCUT2D eigenvalue weighted by Gasteiger charge is -2.06. The van der Waals surface area contributed by atoms with Crippen LogP contribution < -0.4 is 10.1 Å². The molecule has 2 aromatic rings. The van der Waals surface area contributed by atoms with Crippen LogP contribution in [0.4, 0.5) is 0 Å². The Morgan fingerprint density at radius 2 is 1.94 bits per heavy atom. The van der Waals surface area contributed by atoms with Crippen molar-refractivity contribution in [3.05, 3.63) is 40.9 Å². The molecule has 0 heterocycles. The van der Waals surface area contributed by atoms with E-state index in [1.807, 2.05) is 36.4 Å². The Morgan fingerprint density at radius 3 is 2.71 bits per heavy atom. The van der Waals surface area contributed by atoms with Crippen LogP contribution in [0, 0.1) is 0 Å². The quantitative estimate of drug-likeness (QED) is 0.945. The smallest absolute Gasteiger partial charge is 0.257 e. The standard InChI is InChI=1S/C13H12BrNO2/c1-15-13(16)8-17-12-5-3-9-6-11(14)4-2-10(9)7-12/h2-7H,8H2,1H3,(H,15,16). The lowest BCUT2D eigenvalue weighted by atomic mass is 10.1. The SMILES string of the molecule is CNC(=O)COc1ccc2cc(Br)ccc2c1. The van der Waals surface area contributed by atoms with Gasteiger partial charge in [0.2, 0.25) is 0 Å². The van der Waals surface area contributed by atoms with E-state index in [2.05, 4.69) is 21.2 Å². The van der Waals surface area contributed by atoms with Crippen LogP contribution in [-0.2, 0) is 4.79 Å². The van der Waals surface area contributed by atoms with E-state index in [1.54, 1.807) is 7.05 Å². The first-order valence-electron chi connectivity index (χ1n) is 5.22. The number of nitrogens with one attached hydrogen (secondary N) is 1. The van der Waals surface area contributed by atoms with Crippen molar-refractivity contribution >= 4 is 32.6 Å². The maximum atomic E-state index is 11.1. The fourth-order valence-electron chi connectivity index (χ4n) is 1.51. The lowest BCUT2D eigenvalue weighted by molar-refractivity contribution is -0.122. The second-order valence-corrected chi connectivity index (χ2v) is 4.53. The fourth-order valence-corrected chi connectivity index (χ4v) is 1.88. The molecule has 3 nitrogen and oxygen atoms in total. The Balaban J connectivity index is 2.20. The van der Waals surface area contributed by atoms with Gasteiger partial charge in [0, 0.05) is 11.5 Å². The number of rotatable bonds is 3. The summed E-state index contributed by atoms with van der Waals surface area (Å²) in [6.45, 7) is 0.0402. The maximum Gasteiger partial charge on any atom is 0.257 e. The molecule has 0 fully saturated rings. The highest BCUT2D eigenvalue weighted by molar-refractivity contribution is 9.10. The van der Waals surface area contributed by atoms with Gasteiger partial charge in [0.15, 0.2) is 6.61 Å². The zero-order valence-corrected chi connectivity index (χ0v) is 11.0. The van der Waals surface area contributed by atoms with Gasteiger partial charge in [-0.05, 0) is 35.0 Å². The van der Waals surface area contributed by atoms with Crippen LogP contribution in [0.15, 0.2) is 40.9 Å². The van der Waals surface area contributed by atoms with E-state index in [0.29, 0.717) is 5.75 Å². The average molecular weight is 294 g/mol. The predicted molar refractivity (Wildman–Crippen MR) is 71.2 cm³/mol. The number of fused-ring (bicyclic) bond motifs is 1. The van der Waals surface area contributed by atoms with Crippen LogP contribution >= 0.6 is 15.9 Å². The van der Waals surface area contributed by atoms with E-state index in [1.165, 1.54) is 0 Å². The van der Waals surface area contributed by atoms with Crippen LogP contribution in [0.3, 0.4) is 0 Å². The molecular weight excluding hydrogens is 282 g/mol. The van der Waals surface area contributed by atoms with E-state index in [0.717, 1.165) is 15.2 Å². The Bertz CT molecular complexity index is 554. The van der Waals surface area contributed by atoms with Gasteiger partial charge in [-0.1, -0.05) is 28.1 Å². The molecule has 88 valence electrons. The van der Waals surface area contributed by atoms with Crippen molar-refractivity contribution in [2.45, 2.75) is 0 Å². The summed E-state index contributed by atoms with van der Waals surface area (Å²) in [4.78, 5) is 11.1. The molecule has 0 saturated heterocycles. The van der Waals surface area contributed by atoms with Crippen LogP contribution in [0.2, 0.25) is 0 Å². The number of hydrogen-bond donors (Lipinski definition) is 1. The average Bonchev–Trinajstić information content (AvgIpc) is 2.35. The largest absolute Gasteiger partial charge is 0.484 e. The van der Waals surface area contributed by atoms with Crippen LogP contribution in [0.25, 0.3) is 10.8 Å². The maximum absolute atomic E-state index is 11.1. The summed E-state index contributed by atoms with van der Waals surface area (Å²) in [5.74, 6) is 0.560. The predicted octanol–water partition coefficient (Wildman–Crippen LogP) is 2.73. The van der Waals surface area contributed by atoms with Gasteiger partial charge in [-0.2, -0.15) is 0 Å². The van der Waals surface area contributed by atoms with Crippen LogP contribution in [-0.4, -0.2) is 19.6 Å². The molecule has 0 aliphatic carbocycles. The van der Waals surface area contributed by atoms with Crippen molar-refractivity contribution in [3.8, 4) is 5.75 Å². The van der Waals surface area contributed by atoms with Crippen molar-refractivity contribution in [2.24, 2.45) is 0 Å². The van der Waals surface area contributed by atoms with Gasteiger partial charge in [0.25, 0.3) is 5.91 Å². The van der Waals surface area contributed by atoms with Crippen molar-refractivity contribution in [1.82, 2.24) is 5.32 Å². The summed E-state index contributed by atoms with van der Waals surface area (Å²) < 4.78 is 6.42. The highest BCUT2D eigenvalue weighted by atomic mass is 79.9. The highest BCUT2D eigenvalue weighted by Crippen LogP contribution is 2.23. The minimum Gasteiger partial charge on any atom is -0.484 e. The molecule has 17 heavy (non-hydrogen) atoms. The minimum absolute atomic E-state index is 0.0402. The normalized spacial score (nSPS) is 10.2. The summed E-state index contributed by atoms with van der Waals surface area (Å²) in [5.41, 5.74) is 0. The fraction of sp³-hybridized carbons (Fsp3) is 0.154. The zero-order valence-electron chi connectivity index (χ0n) is 9.37. The molecule has 2 aromatic carbocycles. The molecule has 4 heteroatoms. The molecule has 1 amide bonds. The van der Waals surface area contributed by atoms with Crippen LogP contribution in [0.1, 0.15) is 0 Å². The second kappa shape index (κ2) is 5.19. The Morgan fingerprint density at radius 1 is 1.24 bits per heavy atom. The number of hydrogen-bond acceptors (Lipinski definition) is 2. The highest BCUT2D eigenvalue weighted by Gasteiger charge is 2.01. The van der Waals surface area contributed by atoms with E-state index in [4.69, 9.17) is 4.74 Å². The number of amides is 1. The summed E-state index contributed by atoms with van der Waals surface area (Å²) in [5, 5.41) is 4.73. The summed E-state index contributed by atoms with van der Waals surface area (Å²) in [6, 6.07) is 11.8.